The maximum absolute atomic E-state index is 13.6. The number of carbonyl (C=O) groups excluding carboxylic acids is 1. The molecule has 0 fully saturated rings. The quantitative estimate of drug-likeness (QED) is 0.811. The van der Waals surface area contributed by atoms with E-state index >= 15 is 0 Å². The van der Waals surface area contributed by atoms with Gasteiger partial charge in [-0.2, -0.15) is 5.10 Å². The van der Waals surface area contributed by atoms with Crippen molar-refractivity contribution >= 4 is 11.6 Å². The summed E-state index contributed by atoms with van der Waals surface area (Å²) in [5.41, 5.74) is 1.33. The van der Waals surface area contributed by atoms with Gasteiger partial charge < -0.3 is 0 Å². The van der Waals surface area contributed by atoms with Crippen molar-refractivity contribution in [3.63, 3.8) is 0 Å². The van der Waals surface area contributed by atoms with E-state index in [9.17, 15) is 13.6 Å². The van der Waals surface area contributed by atoms with Crippen molar-refractivity contribution in [3.05, 3.63) is 59.7 Å². The number of alkyl halides is 2. The summed E-state index contributed by atoms with van der Waals surface area (Å²) in [7, 11) is 0. The van der Waals surface area contributed by atoms with Crippen molar-refractivity contribution < 1.29 is 13.6 Å². The molecule has 1 aliphatic carbocycles. The number of hydrazone groups is 1. The highest BCUT2D eigenvalue weighted by atomic mass is 19.3. The molecule has 23 heavy (non-hydrogen) atoms. The van der Waals surface area contributed by atoms with E-state index in [0.717, 1.165) is 11.6 Å². The minimum absolute atomic E-state index is 0.204. The summed E-state index contributed by atoms with van der Waals surface area (Å²) in [5.74, 6) is -3.07. The van der Waals surface area contributed by atoms with Crippen molar-refractivity contribution in [2.75, 3.05) is 0 Å². The maximum Gasteiger partial charge on any atom is 0.270 e. The zero-order valence-corrected chi connectivity index (χ0v) is 13.1. The van der Waals surface area contributed by atoms with Crippen LogP contribution in [0, 0.1) is 0 Å². The summed E-state index contributed by atoms with van der Waals surface area (Å²) in [4.78, 5) is 12.0. The van der Waals surface area contributed by atoms with Crippen molar-refractivity contribution in [2.45, 2.75) is 38.2 Å². The van der Waals surface area contributed by atoms with Crippen molar-refractivity contribution in [3.8, 4) is 0 Å². The Morgan fingerprint density at radius 1 is 1.22 bits per heavy atom. The summed E-state index contributed by atoms with van der Waals surface area (Å²) in [6.45, 7) is 3.36. The molecule has 0 aromatic heterocycles. The molecule has 0 spiro atoms. The topological polar surface area (TPSA) is 32.7 Å². The van der Waals surface area contributed by atoms with Gasteiger partial charge in [0.05, 0.1) is 11.3 Å². The lowest BCUT2D eigenvalue weighted by atomic mass is 9.84. The summed E-state index contributed by atoms with van der Waals surface area (Å²) in [6, 6.07) is 9.55. The van der Waals surface area contributed by atoms with Crippen molar-refractivity contribution in [2.24, 2.45) is 5.10 Å². The Morgan fingerprint density at radius 3 is 2.52 bits per heavy atom. The van der Waals surface area contributed by atoms with Crippen LogP contribution in [-0.2, 0) is 10.3 Å². The normalized spacial score (nSPS) is 26.0. The number of rotatable bonds is 2. The highest BCUT2D eigenvalue weighted by Crippen LogP contribution is 2.41. The van der Waals surface area contributed by atoms with E-state index in [1.54, 1.807) is 6.08 Å². The molecule has 1 amide bonds. The van der Waals surface area contributed by atoms with Crippen LogP contribution in [-0.4, -0.2) is 22.6 Å². The van der Waals surface area contributed by atoms with Gasteiger partial charge in [-0.15, -0.1) is 0 Å². The fraction of sp³-hybridized carbons (Fsp3) is 0.333. The van der Waals surface area contributed by atoms with Gasteiger partial charge in [-0.25, -0.2) is 13.8 Å². The molecule has 1 aliphatic heterocycles. The lowest BCUT2D eigenvalue weighted by Crippen LogP contribution is -2.39. The van der Waals surface area contributed by atoms with Gasteiger partial charge in [0, 0.05) is 19.8 Å². The fourth-order valence-corrected chi connectivity index (χ4v) is 3.16. The van der Waals surface area contributed by atoms with Crippen molar-refractivity contribution in [1.29, 1.82) is 0 Å². The first-order valence-electron chi connectivity index (χ1n) is 7.52. The molecule has 2 aliphatic rings. The summed E-state index contributed by atoms with van der Waals surface area (Å²) in [6.07, 6.45) is 3.96. The van der Waals surface area contributed by atoms with Crippen LogP contribution in [0.1, 0.15) is 32.3 Å². The van der Waals surface area contributed by atoms with Gasteiger partial charge >= 0.3 is 0 Å². The molecule has 1 unspecified atom stereocenters. The molecule has 0 radical (unpaired) electrons. The van der Waals surface area contributed by atoms with Gasteiger partial charge in [-0.05, 0) is 24.1 Å². The number of nitrogens with zero attached hydrogens (tertiary/aromatic N) is 2. The Labute approximate surface area is 134 Å². The molecule has 1 aromatic carbocycles. The number of hydrogen-bond donors (Lipinski definition) is 0. The standard InChI is InChI=1S/C18H18F2N2O/c1-13(23)22-17(2,15-8-4-3-5-9-15)12-16(21-22)14-7-6-10-18(19,20)11-14/h3-10H,11-12H2,1-2H3. The highest BCUT2D eigenvalue weighted by Gasteiger charge is 2.44. The van der Waals surface area contributed by atoms with Gasteiger partial charge in [-0.3, -0.25) is 4.79 Å². The fourth-order valence-electron chi connectivity index (χ4n) is 3.16. The zero-order valence-electron chi connectivity index (χ0n) is 13.1. The molecule has 3 rings (SSSR count). The molecule has 1 aromatic rings. The molecule has 0 bridgehead atoms. The Hall–Kier alpha value is -2.30. The minimum Gasteiger partial charge on any atom is -0.273 e. The van der Waals surface area contributed by atoms with E-state index in [2.05, 4.69) is 5.10 Å². The van der Waals surface area contributed by atoms with E-state index in [4.69, 9.17) is 0 Å². The molecule has 0 N–H and O–H groups in total. The third-order valence-electron chi connectivity index (χ3n) is 4.33. The number of hydrogen-bond acceptors (Lipinski definition) is 2. The second kappa shape index (κ2) is 5.41. The monoisotopic (exact) mass is 316 g/mol. The average Bonchev–Trinajstić information content (AvgIpc) is 2.87. The molecule has 0 saturated heterocycles. The third kappa shape index (κ3) is 2.83. The number of carbonyl (C=O) groups is 1. The smallest absolute Gasteiger partial charge is 0.270 e. The highest BCUT2D eigenvalue weighted by molar-refractivity contribution is 6.03. The summed E-state index contributed by atoms with van der Waals surface area (Å²) >= 11 is 0. The summed E-state index contributed by atoms with van der Waals surface area (Å²) in [5, 5.41) is 5.78. The first-order chi connectivity index (χ1) is 10.8. The van der Waals surface area contributed by atoms with Gasteiger partial charge in [-0.1, -0.05) is 42.5 Å². The third-order valence-corrected chi connectivity index (χ3v) is 4.33. The predicted octanol–water partition coefficient (Wildman–Crippen LogP) is 4.03. The van der Waals surface area contributed by atoms with E-state index < -0.39 is 11.5 Å². The number of amides is 1. The van der Waals surface area contributed by atoms with Gasteiger partial charge in [0.1, 0.15) is 0 Å². The van der Waals surface area contributed by atoms with Crippen LogP contribution in [0.25, 0.3) is 0 Å². The molecular formula is C18H18F2N2O. The summed E-state index contributed by atoms with van der Waals surface area (Å²) < 4.78 is 27.2. The van der Waals surface area contributed by atoms with Crippen LogP contribution >= 0.6 is 0 Å². The Bertz CT molecular complexity index is 722. The molecule has 3 nitrogen and oxygen atoms in total. The first kappa shape index (κ1) is 15.6. The minimum atomic E-state index is -2.86. The largest absolute Gasteiger partial charge is 0.273 e. The lowest BCUT2D eigenvalue weighted by molar-refractivity contribution is -0.133. The second-order valence-corrected chi connectivity index (χ2v) is 6.18. The van der Waals surface area contributed by atoms with Crippen LogP contribution in [0.3, 0.4) is 0 Å². The van der Waals surface area contributed by atoms with Crippen LogP contribution in [0.5, 0.6) is 0 Å². The Balaban J connectivity index is 1.97. The van der Waals surface area contributed by atoms with Crippen LogP contribution in [0.15, 0.2) is 59.2 Å². The Morgan fingerprint density at radius 2 is 1.91 bits per heavy atom. The predicted molar refractivity (Wildman–Crippen MR) is 85.2 cm³/mol. The molecular weight excluding hydrogens is 298 g/mol. The molecule has 5 heteroatoms. The maximum atomic E-state index is 13.6. The number of halogens is 2. The van der Waals surface area contributed by atoms with E-state index in [1.807, 2.05) is 37.3 Å². The Kier molecular flexibility index (Phi) is 3.66. The van der Waals surface area contributed by atoms with E-state index in [0.29, 0.717) is 17.7 Å². The first-order valence-corrected chi connectivity index (χ1v) is 7.52. The molecule has 120 valence electrons. The van der Waals surface area contributed by atoms with E-state index in [1.165, 1.54) is 18.0 Å². The van der Waals surface area contributed by atoms with Crippen LogP contribution in [0.2, 0.25) is 0 Å². The molecule has 0 saturated carbocycles. The van der Waals surface area contributed by atoms with Crippen LogP contribution < -0.4 is 0 Å². The van der Waals surface area contributed by atoms with Gasteiger partial charge in [0.25, 0.3) is 5.92 Å². The SMILES string of the molecule is CC(=O)N1N=C(C2=CC=CC(F)(F)C2)CC1(C)c1ccccc1. The lowest BCUT2D eigenvalue weighted by Gasteiger charge is -2.32. The zero-order chi connectivity index (χ0) is 16.7. The van der Waals surface area contributed by atoms with Gasteiger partial charge in [0.2, 0.25) is 5.91 Å². The van der Waals surface area contributed by atoms with Crippen molar-refractivity contribution in [1.82, 2.24) is 5.01 Å². The molecule has 1 heterocycles. The van der Waals surface area contributed by atoms with Gasteiger partial charge in [0.15, 0.2) is 0 Å². The molecule has 1 atom stereocenters. The van der Waals surface area contributed by atoms with E-state index in [-0.39, 0.29) is 12.3 Å². The van der Waals surface area contributed by atoms with Crippen LogP contribution in [0.4, 0.5) is 8.78 Å². The second-order valence-electron chi connectivity index (χ2n) is 6.18. The number of benzene rings is 1. The number of allylic oxidation sites excluding steroid dienone is 4. The average molecular weight is 316 g/mol.